The Morgan fingerprint density at radius 1 is 1.50 bits per heavy atom. The highest BCUT2D eigenvalue weighted by Crippen LogP contribution is 2.20. The van der Waals surface area contributed by atoms with E-state index in [1.54, 1.807) is 6.07 Å². The Bertz CT molecular complexity index is 646. The van der Waals surface area contributed by atoms with Crippen LogP contribution < -0.4 is 5.32 Å². The lowest BCUT2D eigenvalue weighted by molar-refractivity contribution is 0.263. The third-order valence-electron chi connectivity index (χ3n) is 3.45. The quantitative estimate of drug-likeness (QED) is 0.842. The average Bonchev–Trinajstić information content (AvgIpc) is 3.00. The van der Waals surface area contributed by atoms with E-state index in [4.69, 9.17) is 28.3 Å². The van der Waals surface area contributed by atoms with Crippen molar-refractivity contribution in [1.82, 2.24) is 20.4 Å². The second-order valence-electron chi connectivity index (χ2n) is 4.96. The number of hydrogen-bond donors (Lipinski definition) is 1. The van der Waals surface area contributed by atoms with Crippen LogP contribution in [-0.2, 0) is 6.54 Å². The molecule has 5 nitrogen and oxygen atoms in total. The molecule has 1 N–H and O–H groups in total. The molecule has 1 atom stereocenters. The highest BCUT2D eigenvalue weighted by atomic mass is 35.5. The summed E-state index contributed by atoms with van der Waals surface area (Å²) >= 11 is 11.3. The van der Waals surface area contributed by atoms with Gasteiger partial charge in [0, 0.05) is 23.7 Å². The van der Waals surface area contributed by atoms with Gasteiger partial charge in [0.15, 0.2) is 5.11 Å². The van der Waals surface area contributed by atoms with E-state index in [1.807, 2.05) is 30.1 Å². The summed E-state index contributed by atoms with van der Waals surface area (Å²) in [5.74, 6) is 1.05. The molecule has 0 fully saturated rings. The van der Waals surface area contributed by atoms with Gasteiger partial charge in [0.1, 0.15) is 0 Å². The van der Waals surface area contributed by atoms with Crippen LogP contribution in [0.4, 0.5) is 0 Å². The molecule has 1 unspecified atom stereocenters. The molecule has 0 bridgehead atoms. The predicted octanol–water partition coefficient (Wildman–Crippen LogP) is 3.49. The number of nitrogens with zero attached hydrogens (tertiary/aromatic N) is 3. The van der Waals surface area contributed by atoms with E-state index in [2.05, 4.69) is 29.3 Å². The minimum atomic E-state index is 0.279. The van der Waals surface area contributed by atoms with Crippen molar-refractivity contribution in [3.8, 4) is 11.4 Å². The molecule has 2 rings (SSSR count). The van der Waals surface area contributed by atoms with E-state index in [-0.39, 0.29) is 6.04 Å². The van der Waals surface area contributed by atoms with Gasteiger partial charge in [-0.1, -0.05) is 35.8 Å². The third kappa shape index (κ3) is 3.96. The first-order valence-corrected chi connectivity index (χ1v) is 7.90. The summed E-state index contributed by atoms with van der Waals surface area (Å²) in [7, 11) is 1.81. The first-order valence-electron chi connectivity index (χ1n) is 7.12. The molecule has 22 heavy (non-hydrogen) atoms. The predicted molar refractivity (Wildman–Crippen MR) is 91.7 cm³/mol. The summed E-state index contributed by atoms with van der Waals surface area (Å²) in [5.41, 5.74) is 0.828. The van der Waals surface area contributed by atoms with Crippen LogP contribution in [0.15, 0.2) is 28.8 Å². The first kappa shape index (κ1) is 16.7. The van der Waals surface area contributed by atoms with Gasteiger partial charge >= 0.3 is 0 Å². The summed E-state index contributed by atoms with van der Waals surface area (Å²) in [6.45, 7) is 4.70. The standard InChI is InChI=1S/C15H19ClN4OS/c1-4-10(2)20(15(22)17-3)9-13-18-14(19-21-13)11-6-5-7-12(16)8-11/h5-8,10H,4,9H2,1-3H3,(H,17,22). The van der Waals surface area contributed by atoms with Gasteiger partial charge in [0.25, 0.3) is 0 Å². The van der Waals surface area contributed by atoms with Crippen molar-refractivity contribution in [2.45, 2.75) is 32.9 Å². The fourth-order valence-electron chi connectivity index (χ4n) is 2.00. The Morgan fingerprint density at radius 2 is 2.27 bits per heavy atom. The van der Waals surface area contributed by atoms with Crippen molar-refractivity contribution in [3.05, 3.63) is 35.2 Å². The topological polar surface area (TPSA) is 54.2 Å². The van der Waals surface area contributed by atoms with Crippen LogP contribution in [0.3, 0.4) is 0 Å². The van der Waals surface area contributed by atoms with Gasteiger partial charge < -0.3 is 14.7 Å². The van der Waals surface area contributed by atoms with Crippen molar-refractivity contribution < 1.29 is 4.52 Å². The second-order valence-corrected chi connectivity index (χ2v) is 5.79. The van der Waals surface area contributed by atoms with Gasteiger partial charge in [-0.2, -0.15) is 4.98 Å². The van der Waals surface area contributed by atoms with Crippen molar-refractivity contribution in [2.75, 3.05) is 7.05 Å². The van der Waals surface area contributed by atoms with Crippen LogP contribution >= 0.6 is 23.8 Å². The van der Waals surface area contributed by atoms with Gasteiger partial charge in [-0.3, -0.25) is 0 Å². The number of benzene rings is 1. The number of aromatic nitrogens is 2. The van der Waals surface area contributed by atoms with Crippen LogP contribution in [0.2, 0.25) is 5.02 Å². The van der Waals surface area contributed by atoms with E-state index < -0.39 is 0 Å². The van der Waals surface area contributed by atoms with Crippen LogP contribution in [-0.4, -0.2) is 33.2 Å². The monoisotopic (exact) mass is 338 g/mol. The fourth-order valence-corrected chi connectivity index (χ4v) is 2.44. The lowest BCUT2D eigenvalue weighted by atomic mass is 10.2. The van der Waals surface area contributed by atoms with Gasteiger partial charge in [-0.05, 0) is 37.7 Å². The molecule has 1 aromatic carbocycles. The number of hydrogen-bond acceptors (Lipinski definition) is 4. The maximum absolute atomic E-state index is 5.99. The molecule has 2 aromatic rings. The lowest BCUT2D eigenvalue weighted by Gasteiger charge is -2.29. The van der Waals surface area contributed by atoms with E-state index in [0.29, 0.717) is 28.4 Å². The van der Waals surface area contributed by atoms with E-state index >= 15 is 0 Å². The highest BCUT2D eigenvalue weighted by Gasteiger charge is 2.19. The maximum atomic E-state index is 5.99. The fraction of sp³-hybridized carbons (Fsp3) is 0.400. The Labute approximate surface area is 140 Å². The van der Waals surface area contributed by atoms with Crippen molar-refractivity contribution in [3.63, 3.8) is 0 Å². The second kappa shape index (κ2) is 7.56. The van der Waals surface area contributed by atoms with Crippen LogP contribution in [0.1, 0.15) is 26.2 Å². The zero-order valence-corrected chi connectivity index (χ0v) is 14.4. The summed E-state index contributed by atoms with van der Waals surface area (Å²) in [5, 5.41) is 8.32. The molecule has 0 spiro atoms. The molecule has 0 radical (unpaired) electrons. The molecule has 0 saturated heterocycles. The Morgan fingerprint density at radius 3 is 2.91 bits per heavy atom. The number of nitrogens with one attached hydrogen (secondary N) is 1. The molecule has 1 heterocycles. The summed E-state index contributed by atoms with van der Waals surface area (Å²) in [4.78, 5) is 6.46. The van der Waals surface area contributed by atoms with E-state index in [1.165, 1.54) is 0 Å². The Balaban J connectivity index is 2.18. The van der Waals surface area contributed by atoms with Crippen LogP contribution in [0.5, 0.6) is 0 Å². The molecule has 0 aliphatic rings. The molecule has 7 heteroatoms. The largest absolute Gasteiger partial charge is 0.366 e. The van der Waals surface area contributed by atoms with Gasteiger partial charge in [0.2, 0.25) is 11.7 Å². The normalized spacial score (nSPS) is 12.0. The molecule has 1 aromatic heterocycles. The van der Waals surface area contributed by atoms with Crippen molar-refractivity contribution in [2.24, 2.45) is 0 Å². The average molecular weight is 339 g/mol. The number of thiocarbonyl (C=S) groups is 1. The Hall–Kier alpha value is -1.66. The molecule has 0 aliphatic heterocycles. The molecule has 0 aliphatic carbocycles. The Kier molecular flexibility index (Phi) is 5.74. The molecular formula is C15H19ClN4OS. The van der Waals surface area contributed by atoms with Gasteiger partial charge in [0.05, 0.1) is 6.54 Å². The smallest absolute Gasteiger partial charge is 0.246 e. The molecule has 0 saturated carbocycles. The van der Waals surface area contributed by atoms with Gasteiger partial charge in [-0.15, -0.1) is 0 Å². The SMILES string of the molecule is CCC(C)N(Cc1nc(-c2cccc(Cl)c2)no1)C(=S)NC. The van der Waals surface area contributed by atoms with Crippen LogP contribution in [0, 0.1) is 0 Å². The van der Waals surface area contributed by atoms with E-state index in [0.717, 1.165) is 12.0 Å². The zero-order chi connectivity index (χ0) is 16.1. The summed E-state index contributed by atoms with van der Waals surface area (Å²) < 4.78 is 5.35. The number of halogens is 1. The molecule has 118 valence electrons. The minimum Gasteiger partial charge on any atom is -0.366 e. The number of rotatable bonds is 5. The minimum absolute atomic E-state index is 0.279. The molecule has 0 amide bonds. The van der Waals surface area contributed by atoms with Crippen molar-refractivity contribution in [1.29, 1.82) is 0 Å². The lowest BCUT2D eigenvalue weighted by Crippen LogP contribution is -2.42. The molecular weight excluding hydrogens is 320 g/mol. The van der Waals surface area contributed by atoms with Crippen LogP contribution in [0.25, 0.3) is 11.4 Å². The zero-order valence-electron chi connectivity index (χ0n) is 12.8. The van der Waals surface area contributed by atoms with Gasteiger partial charge in [-0.25, -0.2) is 0 Å². The summed E-state index contributed by atoms with van der Waals surface area (Å²) in [6, 6.07) is 7.64. The first-order chi connectivity index (χ1) is 10.5. The van der Waals surface area contributed by atoms with E-state index in [9.17, 15) is 0 Å². The highest BCUT2D eigenvalue weighted by molar-refractivity contribution is 7.80. The third-order valence-corrected chi connectivity index (χ3v) is 4.13. The van der Waals surface area contributed by atoms with Crippen molar-refractivity contribution >= 4 is 28.9 Å². The summed E-state index contributed by atoms with van der Waals surface area (Å²) in [6.07, 6.45) is 0.969. The maximum Gasteiger partial charge on any atom is 0.246 e.